The first-order chi connectivity index (χ1) is 14.1. The monoisotopic (exact) mass is 534 g/mol. The minimum absolute atomic E-state index is 1.24. The van der Waals surface area contributed by atoms with E-state index < -0.39 is 16.1 Å². The molecule has 0 bridgehead atoms. The van der Waals surface area contributed by atoms with Crippen LogP contribution in [0.4, 0.5) is 0 Å². The molecule has 0 aliphatic carbocycles. The van der Waals surface area contributed by atoms with Gasteiger partial charge in [0.25, 0.3) is 0 Å². The van der Waals surface area contributed by atoms with Gasteiger partial charge in [0.15, 0.2) is 0 Å². The van der Waals surface area contributed by atoms with Crippen molar-refractivity contribution >= 4 is 131 Å². The molecule has 0 atom stereocenters. The molecule has 0 aromatic carbocycles. The topological polar surface area (TPSA) is 0 Å². The summed E-state index contributed by atoms with van der Waals surface area (Å²) >= 11 is 12.0. The highest BCUT2D eigenvalue weighted by Gasteiger charge is 2.25. The van der Waals surface area contributed by atoms with Crippen LogP contribution in [0.3, 0.4) is 0 Å². The molecular formula is C22H22S6Si2. The van der Waals surface area contributed by atoms with Crippen LogP contribution in [0.2, 0.25) is 39.3 Å². The Hall–Kier alpha value is -0.326. The van der Waals surface area contributed by atoms with Crippen molar-refractivity contribution in [2.75, 3.05) is 0 Å². The summed E-state index contributed by atoms with van der Waals surface area (Å²) < 4.78 is 15.4. The first-order valence-corrected chi connectivity index (χ1v) is 22.0. The van der Waals surface area contributed by atoms with Crippen molar-refractivity contribution in [2.45, 2.75) is 39.3 Å². The van der Waals surface area contributed by atoms with E-state index >= 15 is 0 Å². The zero-order chi connectivity index (χ0) is 21.0. The van der Waals surface area contributed by atoms with Crippen LogP contribution in [-0.4, -0.2) is 16.1 Å². The number of hydrogen-bond donors (Lipinski definition) is 0. The maximum Gasteiger partial charge on any atom is 0.0904 e. The highest BCUT2D eigenvalue weighted by Crippen LogP contribution is 2.51. The molecule has 6 rings (SSSR count). The van der Waals surface area contributed by atoms with E-state index in [1.807, 2.05) is 45.3 Å². The molecule has 0 nitrogen and oxygen atoms in total. The smallest absolute Gasteiger partial charge is 0.0904 e. The fourth-order valence-corrected chi connectivity index (χ4v) is 15.8. The molecule has 6 aromatic rings. The second kappa shape index (κ2) is 6.60. The Labute approximate surface area is 202 Å². The second-order valence-corrected chi connectivity index (χ2v) is 26.7. The average Bonchev–Trinajstić information content (AvgIpc) is 3.39. The summed E-state index contributed by atoms with van der Waals surface area (Å²) in [5.74, 6) is 0. The van der Waals surface area contributed by atoms with Crippen molar-refractivity contribution < 1.29 is 0 Å². The summed E-state index contributed by atoms with van der Waals surface area (Å²) in [6.07, 6.45) is 0. The van der Waals surface area contributed by atoms with Crippen LogP contribution in [-0.2, 0) is 0 Å². The zero-order valence-electron chi connectivity index (χ0n) is 17.8. The summed E-state index contributed by atoms with van der Waals surface area (Å²) in [6.45, 7) is 14.7. The van der Waals surface area contributed by atoms with E-state index in [2.05, 4.69) is 84.8 Å². The first-order valence-electron chi connectivity index (χ1n) is 9.99. The Bertz CT molecular complexity index is 1450. The highest BCUT2D eigenvalue weighted by atomic mass is 32.1. The van der Waals surface area contributed by atoms with Crippen molar-refractivity contribution in [1.29, 1.82) is 0 Å². The number of hydrogen-bond acceptors (Lipinski definition) is 6. The second-order valence-electron chi connectivity index (χ2n) is 9.93. The van der Waals surface area contributed by atoms with Crippen molar-refractivity contribution in [3.63, 3.8) is 0 Å². The maximum atomic E-state index is 2.50. The molecule has 0 N–H and O–H groups in total. The fourth-order valence-electron chi connectivity index (χ4n) is 3.76. The average molecular weight is 535 g/mol. The van der Waals surface area contributed by atoms with E-state index in [1.54, 1.807) is 9.00 Å². The van der Waals surface area contributed by atoms with Gasteiger partial charge in [-0.25, -0.2) is 0 Å². The lowest BCUT2D eigenvalue weighted by molar-refractivity contribution is 1.79. The van der Waals surface area contributed by atoms with Gasteiger partial charge in [-0.05, 0) is 21.1 Å². The van der Waals surface area contributed by atoms with Crippen LogP contribution in [0.5, 0.6) is 0 Å². The van der Waals surface area contributed by atoms with E-state index in [0.717, 1.165) is 0 Å². The summed E-state index contributed by atoms with van der Waals surface area (Å²) in [6, 6.07) is 4.99. The largest absolute Gasteiger partial charge is 0.143 e. The van der Waals surface area contributed by atoms with Crippen LogP contribution in [0.25, 0.3) is 48.7 Å². The van der Waals surface area contributed by atoms with Gasteiger partial charge in [-0.2, -0.15) is 0 Å². The van der Waals surface area contributed by atoms with Crippen molar-refractivity contribution in [3.05, 3.63) is 22.9 Å². The molecule has 0 amide bonds. The third-order valence-electron chi connectivity index (χ3n) is 5.49. The van der Waals surface area contributed by atoms with E-state index in [9.17, 15) is 0 Å². The van der Waals surface area contributed by atoms with Gasteiger partial charge in [0.2, 0.25) is 0 Å². The number of rotatable bonds is 3. The Balaban J connectivity index is 1.53. The minimum atomic E-state index is -1.24. The SMILES string of the molecule is C[Si](C)(C)c1cc2sc3c(-c4csc5c4sc4cc([Si](C)(C)C)sc45)csc3c2s1. The Morgan fingerprint density at radius 2 is 0.900 bits per heavy atom. The highest BCUT2D eigenvalue weighted by molar-refractivity contribution is 7.43. The molecule has 30 heavy (non-hydrogen) atoms. The molecule has 0 unspecified atom stereocenters. The summed E-state index contributed by atoms with van der Waals surface area (Å²) in [5.41, 5.74) is 2.92. The van der Waals surface area contributed by atoms with Gasteiger partial charge in [0, 0.05) is 31.3 Å². The van der Waals surface area contributed by atoms with Gasteiger partial charge < -0.3 is 0 Å². The van der Waals surface area contributed by atoms with Gasteiger partial charge in [-0.1, -0.05) is 39.3 Å². The van der Waals surface area contributed by atoms with E-state index in [0.29, 0.717) is 0 Å². The number of fused-ring (bicyclic) bond motifs is 6. The van der Waals surface area contributed by atoms with Gasteiger partial charge in [-0.15, -0.1) is 68.0 Å². The van der Waals surface area contributed by atoms with Crippen molar-refractivity contribution in [2.24, 2.45) is 0 Å². The molecule has 0 saturated heterocycles. The predicted octanol–water partition coefficient (Wildman–Crippen LogP) is 9.43. The maximum absolute atomic E-state index is 2.50. The molecule has 0 spiro atoms. The lowest BCUT2D eigenvalue weighted by Gasteiger charge is -2.12. The molecule has 8 heteroatoms. The van der Waals surface area contributed by atoms with Gasteiger partial charge in [0.1, 0.15) is 0 Å². The van der Waals surface area contributed by atoms with Crippen LogP contribution in [0.15, 0.2) is 22.9 Å². The summed E-state index contributed by atoms with van der Waals surface area (Å²) in [5, 5.41) is 4.83. The standard InChI is InChI=1S/C22H22S6Si2/c1-29(2,3)15-7-13-19(27-15)21-17(25-13)11(9-23-21)12-10-24-22-18(12)26-14-8-16(28-20(14)22)30(4,5)6/h7-10H,1-6H3. The van der Waals surface area contributed by atoms with E-state index in [1.165, 1.54) is 48.7 Å². The minimum Gasteiger partial charge on any atom is -0.143 e. The lowest BCUT2D eigenvalue weighted by Crippen LogP contribution is -2.34. The molecule has 0 aliphatic rings. The molecule has 0 aliphatic heterocycles. The van der Waals surface area contributed by atoms with Crippen LogP contribution in [0, 0.1) is 0 Å². The summed E-state index contributed by atoms with van der Waals surface area (Å²) in [7, 11) is -2.48. The zero-order valence-corrected chi connectivity index (χ0v) is 24.7. The van der Waals surface area contributed by atoms with Crippen LogP contribution in [0.1, 0.15) is 0 Å². The molecule has 6 heterocycles. The number of thiophene rings is 6. The quantitative estimate of drug-likeness (QED) is 0.198. The Kier molecular flexibility index (Phi) is 4.47. The summed E-state index contributed by atoms with van der Waals surface area (Å²) in [4.78, 5) is 0. The van der Waals surface area contributed by atoms with E-state index in [4.69, 9.17) is 0 Å². The normalized spacial score (nSPS) is 13.7. The van der Waals surface area contributed by atoms with Crippen LogP contribution >= 0.6 is 68.0 Å². The van der Waals surface area contributed by atoms with Crippen LogP contribution < -0.4 is 9.00 Å². The molecule has 6 aromatic heterocycles. The van der Waals surface area contributed by atoms with E-state index in [-0.39, 0.29) is 0 Å². The van der Waals surface area contributed by atoms with Crippen molar-refractivity contribution in [1.82, 2.24) is 0 Å². The Morgan fingerprint density at radius 1 is 0.500 bits per heavy atom. The van der Waals surface area contributed by atoms with Gasteiger partial charge >= 0.3 is 0 Å². The molecule has 0 radical (unpaired) electrons. The van der Waals surface area contributed by atoms with Gasteiger partial charge in [0.05, 0.1) is 44.3 Å². The first kappa shape index (κ1) is 20.3. The van der Waals surface area contributed by atoms with Gasteiger partial charge in [-0.3, -0.25) is 0 Å². The third-order valence-corrected chi connectivity index (χ3v) is 20.1. The molecular weight excluding hydrogens is 513 g/mol. The van der Waals surface area contributed by atoms with Crippen molar-refractivity contribution in [3.8, 4) is 11.1 Å². The molecule has 0 saturated carbocycles. The third kappa shape index (κ3) is 2.95. The lowest BCUT2D eigenvalue weighted by atomic mass is 10.2. The molecule has 0 fully saturated rings. The Morgan fingerprint density at radius 3 is 1.27 bits per heavy atom. The molecule has 154 valence electrons. The predicted molar refractivity (Wildman–Crippen MR) is 155 cm³/mol. The fraction of sp³-hybridized carbons (Fsp3) is 0.273.